The number of piperidine rings is 1. The smallest absolute Gasteiger partial charge is 0.228 e. The van der Waals surface area contributed by atoms with Crippen molar-refractivity contribution < 1.29 is 14.3 Å². The van der Waals surface area contributed by atoms with Crippen molar-refractivity contribution in [3.05, 3.63) is 24.2 Å². The zero-order valence-corrected chi connectivity index (χ0v) is 13.3. The standard InChI is InChI=1S/C17H26N2O3/c1-18-9-7-13(8-10-18)19(12-14-4-3-11-22-14)17(21)15-5-2-6-16(15)20/h3-4,11,13,15-16,20H,2,5-10,12H2,1H3. The lowest BCUT2D eigenvalue weighted by Crippen LogP contribution is -2.49. The molecule has 1 saturated carbocycles. The maximum absolute atomic E-state index is 13.0. The molecule has 0 bridgehead atoms. The fraction of sp³-hybridized carbons (Fsp3) is 0.706. The molecule has 2 unspecified atom stereocenters. The van der Waals surface area contributed by atoms with Crippen LogP contribution in [0.25, 0.3) is 0 Å². The lowest BCUT2D eigenvalue weighted by molar-refractivity contribution is -0.142. The molecule has 1 saturated heterocycles. The van der Waals surface area contributed by atoms with Crippen LogP contribution in [-0.4, -0.2) is 53.1 Å². The highest BCUT2D eigenvalue weighted by atomic mass is 16.3. The predicted molar refractivity (Wildman–Crippen MR) is 83.1 cm³/mol. The summed E-state index contributed by atoms with van der Waals surface area (Å²) in [4.78, 5) is 17.2. The zero-order chi connectivity index (χ0) is 15.5. The monoisotopic (exact) mass is 306 g/mol. The maximum Gasteiger partial charge on any atom is 0.228 e. The van der Waals surface area contributed by atoms with E-state index in [0.29, 0.717) is 6.54 Å². The number of rotatable bonds is 4. The summed E-state index contributed by atoms with van der Waals surface area (Å²) >= 11 is 0. The topological polar surface area (TPSA) is 56.9 Å². The van der Waals surface area contributed by atoms with Gasteiger partial charge in [-0.15, -0.1) is 0 Å². The van der Waals surface area contributed by atoms with E-state index in [1.807, 2.05) is 17.0 Å². The quantitative estimate of drug-likeness (QED) is 0.922. The second-order valence-electron chi connectivity index (χ2n) is 6.68. The van der Waals surface area contributed by atoms with Gasteiger partial charge in [-0.2, -0.15) is 0 Å². The Balaban J connectivity index is 1.74. The van der Waals surface area contributed by atoms with Crippen LogP contribution in [0.3, 0.4) is 0 Å². The molecule has 1 aromatic heterocycles. The zero-order valence-electron chi connectivity index (χ0n) is 13.3. The molecule has 0 aromatic carbocycles. The fourth-order valence-electron chi connectivity index (χ4n) is 3.71. The van der Waals surface area contributed by atoms with Crippen LogP contribution in [0.1, 0.15) is 37.9 Å². The van der Waals surface area contributed by atoms with Gasteiger partial charge in [0.2, 0.25) is 5.91 Å². The summed E-state index contributed by atoms with van der Waals surface area (Å²) in [5, 5.41) is 10.1. The van der Waals surface area contributed by atoms with Crippen LogP contribution < -0.4 is 0 Å². The summed E-state index contributed by atoms with van der Waals surface area (Å²) in [6, 6.07) is 4.03. The Hall–Kier alpha value is -1.33. The van der Waals surface area contributed by atoms with Gasteiger partial charge in [0, 0.05) is 6.04 Å². The van der Waals surface area contributed by atoms with Crippen LogP contribution in [-0.2, 0) is 11.3 Å². The van der Waals surface area contributed by atoms with E-state index >= 15 is 0 Å². The van der Waals surface area contributed by atoms with Crippen molar-refractivity contribution in [1.29, 1.82) is 0 Å². The lowest BCUT2D eigenvalue weighted by atomic mass is 9.98. The summed E-state index contributed by atoms with van der Waals surface area (Å²) in [6.07, 6.45) is 5.66. The Morgan fingerprint density at radius 1 is 1.36 bits per heavy atom. The fourth-order valence-corrected chi connectivity index (χ4v) is 3.71. The molecule has 122 valence electrons. The third-order valence-electron chi connectivity index (χ3n) is 5.11. The summed E-state index contributed by atoms with van der Waals surface area (Å²) < 4.78 is 5.45. The van der Waals surface area contributed by atoms with Crippen LogP contribution in [0.15, 0.2) is 22.8 Å². The Bertz CT molecular complexity index is 480. The van der Waals surface area contributed by atoms with E-state index in [9.17, 15) is 9.90 Å². The molecule has 1 aromatic rings. The first kappa shape index (κ1) is 15.6. The van der Waals surface area contributed by atoms with E-state index in [4.69, 9.17) is 4.42 Å². The van der Waals surface area contributed by atoms with Gasteiger partial charge in [0.1, 0.15) is 5.76 Å². The molecule has 5 heteroatoms. The molecule has 2 fully saturated rings. The molecule has 2 atom stereocenters. The second kappa shape index (κ2) is 6.84. The van der Waals surface area contributed by atoms with E-state index in [1.165, 1.54) is 0 Å². The van der Waals surface area contributed by atoms with Crippen molar-refractivity contribution in [2.24, 2.45) is 5.92 Å². The molecule has 2 aliphatic rings. The largest absolute Gasteiger partial charge is 0.467 e. The minimum absolute atomic E-state index is 0.107. The average Bonchev–Trinajstić information content (AvgIpc) is 3.16. The van der Waals surface area contributed by atoms with Crippen LogP contribution in [0.2, 0.25) is 0 Å². The number of hydrogen-bond acceptors (Lipinski definition) is 4. The van der Waals surface area contributed by atoms with Gasteiger partial charge in [-0.05, 0) is 64.4 Å². The molecule has 22 heavy (non-hydrogen) atoms. The summed E-state index contributed by atoms with van der Waals surface area (Å²) in [5.41, 5.74) is 0. The van der Waals surface area contributed by atoms with Gasteiger partial charge in [-0.1, -0.05) is 0 Å². The molecule has 1 amide bonds. The van der Waals surface area contributed by atoms with Gasteiger partial charge in [0.15, 0.2) is 0 Å². The third-order valence-corrected chi connectivity index (χ3v) is 5.11. The van der Waals surface area contributed by atoms with Gasteiger partial charge in [-0.3, -0.25) is 4.79 Å². The normalized spacial score (nSPS) is 27.2. The van der Waals surface area contributed by atoms with E-state index in [0.717, 1.165) is 51.0 Å². The van der Waals surface area contributed by atoms with Crippen molar-refractivity contribution in [3.63, 3.8) is 0 Å². The number of furan rings is 1. The number of aliphatic hydroxyl groups is 1. The molecule has 0 radical (unpaired) electrons. The van der Waals surface area contributed by atoms with Crippen LogP contribution in [0.4, 0.5) is 0 Å². The summed E-state index contributed by atoms with van der Waals surface area (Å²) in [6.45, 7) is 2.54. The molecular weight excluding hydrogens is 280 g/mol. The summed E-state index contributed by atoms with van der Waals surface area (Å²) in [7, 11) is 2.12. The first-order chi connectivity index (χ1) is 10.6. The van der Waals surface area contributed by atoms with Gasteiger partial charge in [0.25, 0.3) is 0 Å². The number of carbonyl (C=O) groups excluding carboxylic acids is 1. The SMILES string of the molecule is CN1CCC(N(Cc2ccco2)C(=O)C2CCCC2O)CC1. The predicted octanol–water partition coefficient (Wildman–Crippen LogP) is 1.86. The maximum atomic E-state index is 13.0. The molecular formula is C17H26N2O3. The van der Waals surface area contributed by atoms with Crippen LogP contribution >= 0.6 is 0 Å². The highest BCUT2D eigenvalue weighted by molar-refractivity contribution is 5.80. The number of likely N-dealkylation sites (tertiary alicyclic amines) is 1. The van der Waals surface area contributed by atoms with E-state index in [-0.39, 0.29) is 17.9 Å². The molecule has 1 aliphatic heterocycles. The van der Waals surface area contributed by atoms with E-state index < -0.39 is 6.10 Å². The Morgan fingerprint density at radius 2 is 2.14 bits per heavy atom. The number of aliphatic hydroxyl groups excluding tert-OH is 1. The van der Waals surface area contributed by atoms with Crippen molar-refractivity contribution >= 4 is 5.91 Å². The number of carbonyl (C=O) groups is 1. The molecule has 2 heterocycles. The first-order valence-electron chi connectivity index (χ1n) is 8.34. The molecule has 1 N–H and O–H groups in total. The van der Waals surface area contributed by atoms with Gasteiger partial charge < -0.3 is 19.3 Å². The Labute approximate surface area is 131 Å². The summed E-state index contributed by atoms with van der Waals surface area (Å²) in [5.74, 6) is 0.699. The third kappa shape index (κ3) is 3.36. The van der Waals surface area contributed by atoms with Crippen molar-refractivity contribution in [2.75, 3.05) is 20.1 Å². The van der Waals surface area contributed by atoms with Gasteiger partial charge in [0.05, 0.1) is 24.8 Å². The Kier molecular flexibility index (Phi) is 4.84. The average molecular weight is 306 g/mol. The van der Waals surface area contributed by atoms with E-state index in [2.05, 4.69) is 11.9 Å². The number of amides is 1. The number of hydrogen-bond donors (Lipinski definition) is 1. The van der Waals surface area contributed by atoms with Crippen molar-refractivity contribution in [1.82, 2.24) is 9.80 Å². The minimum Gasteiger partial charge on any atom is -0.467 e. The number of nitrogens with zero attached hydrogens (tertiary/aromatic N) is 2. The van der Waals surface area contributed by atoms with Gasteiger partial charge >= 0.3 is 0 Å². The first-order valence-corrected chi connectivity index (χ1v) is 8.34. The highest BCUT2D eigenvalue weighted by Crippen LogP contribution is 2.30. The van der Waals surface area contributed by atoms with Crippen molar-refractivity contribution in [3.8, 4) is 0 Å². The minimum atomic E-state index is -0.474. The lowest BCUT2D eigenvalue weighted by Gasteiger charge is -2.38. The molecule has 3 rings (SSSR count). The molecule has 1 aliphatic carbocycles. The van der Waals surface area contributed by atoms with Crippen LogP contribution in [0, 0.1) is 5.92 Å². The van der Waals surface area contributed by atoms with E-state index in [1.54, 1.807) is 6.26 Å². The molecule has 0 spiro atoms. The Morgan fingerprint density at radius 3 is 2.73 bits per heavy atom. The van der Waals surface area contributed by atoms with Crippen LogP contribution in [0.5, 0.6) is 0 Å². The highest BCUT2D eigenvalue weighted by Gasteiger charge is 2.37. The van der Waals surface area contributed by atoms with Gasteiger partial charge in [-0.25, -0.2) is 0 Å². The molecule has 5 nitrogen and oxygen atoms in total. The van der Waals surface area contributed by atoms with Crippen molar-refractivity contribution in [2.45, 2.75) is 50.8 Å². The second-order valence-corrected chi connectivity index (χ2v) is 6.68.